The van der Waals surface area contributed by atoms with E-state index in [1.807, 2.05) is 0 Å². The zero-order valence-electron chi connectivity index (χ0n) is 10.5. The number of amidine groups is 1. The van der Waals surface area contributed by atoms with Gasteiger partial charge in [-0.05, 0) is 26.0 Å². The lowest BCUT2D eigenvalue weighted by atomic mass is 10.1. The van der Waals surface area contributed by atoms with Gasteiger partial charge in [-0.25, -0.2) is 5.01 Å². The molecule has 2 aliphatic rings. The van der Waals surface area contributed by atoms with E-state index in [4.69, 9.17) is 0 Å². The predicted molar refractivity (Wildman–Crippen MR) is 70.4 cm³/mol. The molecule has 0 saturated heterocycles. The van der Waals surface area contributed by atoms with E-state index in [1.165, 1.54) is 11.1 Å². The molecule has 0 amide bonds. The highest BCUT2D eigenvalue weighted by molar-refractivity contribution is 7.90. The van der Waals surface area contributed by atoms with Gasteiger partial charge in [0.2, 0.25) is 0 Å². The normalized spacial score (nSPS) is 28.1. The van der Waals surface area contributed by atoms with E-state index in [0.29, 0.717) is 12.0 Å². The van der Waals surface area contributed by atoms with Crippen LogP contribution in [0.5, 0.6) is 0 Å². The lowest BCUT2D eigenvalue weighted by Gasteiger charge is -2.28. The molecular formula is C12H13N3O3S. The van der Waals surface area contributed by atoms with Crippen LogP contribution >= 0.6 is 0 Å². The number of hydrogen-bond donors (Lipinski definition) is 1. The average Bonchev–Trinajstić information content (AvgIpc) is 2.73. The number of hydrogen-bond acceptors (Lipinski definition) is 5. The van der Waals surface area contributed by atoms with Gasteiger partial charge in [-0.3, -0.25) is 0 Å². The SMILES string of the molecule is CC1=NN(C2=NS(=O)(=O)c3ccccc32)[C@@](C)(O)C1. The van der Waals surface area contributed by atoms with Gasteiger partial charge in [0.25, 0.3) is 10.0 Å². The van der Waals surface area contributed by atoms with Crippen molar-refractivity contribution < 1.29 is 13.5 Å². The maximum absolute atomic E-state index is 12.0. The molecule has 0 aliphatic carbocycles. The quantitative estimate of drug-likeness (QED) is 0.765. The van der Waals surface area contributed by atoms with Crippen LogP contribution in [0.4, 0.5) is 0 Å². The Morgan fingerprint density at radius 2 is 2.05 bits per heavy atom. The summed E-state index contributed by atoms with van der Waals surface area (Å²) < 4.78 is 27.7. The number of hydrazone groups is 1. The summed E-state index contributed by atoms with van der Waals surface area (Å²) in [7, 11) is -3.69. The minimum Gasteiger partial charge on any atom is -0.369 e. The largest absolute Gasteiger partial charge is 0.369 e. The molecule has 1 aromatic rings. The van der Waals surface area contributed by atoms with Crippen molar-refractivity contribution in [2.75, 3.05) is 0 Å². The van der Waals surface area contributed by atoms with Crippen molar-refractivity contribution in [3.63, 3.8) is 0 Å². The summed E-state index contributed by atoms with van der Waals surface area (Å²) in [6, 6.07) is 6.54. The molecule has 100 valence electrons. The number of aliphatic hydroxyl groups is 1. The second kappa shape index (κ2) is 3.64. The first-order valence-corrected chi connectivity index (χ1v) is 7.26. The first kappa shape index (κ1) is 12.3. The van der Waals surface area contributed by atoms with Gasteiger partial charge in [-0.2, -0.15) is 13.5 Å². The van der Waals surface area contributed by atoms with Crippen molar-refractivity contribution >= 4 is 21.6 Å². The Morgan fingerprint density at radius 3 is 2.68 bits per heavy atom. The number of benzene rings is 1. The van der Waals surface area contributed by atoms with Gasteiger partial charge in [0.15, 0.2) is 11.6 Å². The minimum atomic E-state index is -3.69. The monoisotopic (exact) mass is 279 g/mol. The van der Waals surface area contributed by atoms with Gasteiger partial charge in [0.05, 0.1) is 0 Å². The maximum Gasteiger partial charge on any atom is 0.285 e. The molecule has 0 bridgehead atoms. The van der Waals surface area contributed by atoms with Crippen LogP contribution in [-0.4, -0.2) is 35.8 Å². The third-order valence-corrected chi connectivity index (χ3v) is 4.46. The Kier molecular flexibility index (Phi) is 2.36. The van der Waals surface area contributed by atoms with Gasteiger partial charge >= 0.3 is 0 Å². The van der Waals surface area contributed by atoms with Crippen LogP contribution in [0.2, 0.25) is 0 Å². The molecule has 3 rings (SSSR count). The fourth-order valence-electron chi connectivity index (χ4n) is 2.39. The van der Waals surface area contributed by atoms with E-state index < -0.39 is 15.7 Å². The Balaban J connectivity index is 2.19. The van der Waals surface area contributed by atoms with Crippen LogP contribution < -0.4 is 0 Å². The van der Waals surface area contributed by atoms with E-state index >= 15 is 0 Å². The van der Waals surface area contributed by atoms with Crippen molar-refractivity contribution in [2.45, 2.75) is 30.9 Å². The fourth-order valence-corrected chi connectivity index (χ4v) is 3.58. The summed E-state index contributed by atoms with van der Waals surface area (Å²) in [6.07, 6.45) is 0.355. The first-order chi connectivity index (χ1) is 8.81. The molecule has 0 spiro atoms. The van der Waals surface area contributed by atoms with Gasteiger partial charge in [-0.15, -0.1) is 4.40 Å². The van der Waals surface area contributed by atoms with Crippen LogP contribution in [-0.2, 0) is 10.0 Å². The summed E-state index contributed by atoms with van der Waals surface area (Å²) in [5.74, 6) is 0.178. The van der Waals surface area contributed by atoms with Gasteiger partial charge in [-0.1, -0.05) is 12.1 Å². The van der Waals surface area contributed by atoms with Crippen molar-refractivity contribution in [3.8, 4) is 0 Å². The predicted octanol–water partition coefficient (Wildman–Crippen LogP) is 0.926. The standard InChI is InChI=1S/C12H13N3O3S/c1-8-7-12(2,16)15(13-8)11-9-5-3-4-6-10(9)19(17,18)14-11/h3-6,16H,7H2,1-2H3/t12-/m0/s1. The first-order valence-electron chi connectivity index (χ1n) is 5.82. The molecule has 0 saturated carbocycles. The van der Waals surface area contributed by atoms with E-state index in [2.05, 4.69) is 9.50 Å². The molecule has 2 aliphatic heterocycles. The fraction of sp³-hybridized carbons (Fsp3) is 0.333. The van der Waals surface area contributed by atoms with Gasteiger partial charge in [0, 0.05) is 17.7 Å². The van der Waals surface area contributed by atoms with E-state index in [9.17, 15) is 13.5 Å². The maximum atomic E-state index is 12.0. The van der Waals surface area contributed by atoms with Crippen molar-refractivity contribution in [1.82, 2.24) is 5.01 Å². The molecule has 0 fully saturated rings. The summed E-state index contributed by atoms with van der Waals surface area (Å²) >= 11 is 0. The van der Waals surface area contributed by atoms with Crippen molar-refractivity contribution in [1.29, 1.82) is 0 Å². The average molecular weight is 279 g/mol. The van der Waals surface area contributed by atoms with Crippen LogP contribution in [0, 0.1) is 0 Å². The van der Waals surface area contributed by atoms with Crippen LogP contribution in [0.3, 0.4) is 0 Å². The summed E-state index contributed by atoms with van der Waals surface area (Å²) in [4.78, 5) is 0.153. The third kappa shape index (κ3) is 1.77. The van der Waals surface area contributed by atoms with E-state index in [1.54, 1.807) is 32.0 Å². The van der Waals surface area contributed by atoms with Gasteiger partial charge < -0.3 is 5.11 Å². The molecule has 19 heavy (non-hydrogen) atoms. The zero-order valence-corrected chi connectivity index (χ0v) is 11.3. The molecule has 2 heterocycles. The van der Waals surface area contributed by atoms with E-state index in [0.717, 1.165) is 5.71 Å². The smallest absolute Gasteiger partial charge is 0.285 e. The number of fused-ring (bicyclic) bond motifs is 1. The summed E-state index contributed by atoms with van der Waals surface area (Å²) in [5.41, 5.74) is -0.0497. The minimum absolute atomic E-state index is 0.153. The molecule has 6 nitrogen and oxygen atoms in total. The Hall–Kier alpha value is -1.73. The van der Waals surface area contributed by atoms with Crippen molar-refractivity contribution in [2.24, 2.45) is 9.50 Å². The molecule has 0 unspecified atom stereocenters. The van der Waals surface area contributed by atoms with Crippen LogP contribution in [0.1, 0.15) is 25.8 Å². The molecule has 7 heteroatoms. The Labute approximate surface area is 111 Å². The Morgan fingerprint density at radius 1 is 1.37 bits per heavy atom. The number of sulfonamides is 1. The second-order valence-corrected chi connectivity index (χ2v) is 6.50. The van der Waals surface area contributed by atoms with E-state index in [-0.39, 0.29) is 10.7 Å². The molecule has 1 aromatic carbocycles. The lowest BCUT2D eigenvalue weighted by Crippen LogP contribution is -2.43. The molecular weight excluding hydrogens is 266 g/mol. The summed E-state index contributed by atoms with van der Waals surface area (Å²) in [6.45, 7) is 3.37. The van der Waals surface area contributed by atoms with Crippen molar-refractivity contribution in [3.05, 3.63) is 29.8 Å². The zero-order chi connectivity index (χ0) is 13.8. The highest BCUT2D eigenvalue weighted by atomic mass is 32.2. The topological polar surface area (TPSA) is 82.3 Å². The van der Waals surface area contributed by atoms with Crippen LogP contribution in [0.15, 0.2) is 38.7 Å². The number of nitrogens with zero attached hydrogens (tertiary/aromatic N) is 3. The number of rotatable bonds is 0. The molecule has 0 aromatic heterocycles. The van der Waals surface area contributed by atoms with Crippen LogP contribution in [0.25, 0.3) is 0 Å². The third-order valence-electron chi connectivity index (χ3n) is 3.13. The Bertz CT molecular complexity index is 719. The highest BCUT2D eigenvalue weighted by Crippen LogP contribution is 2.33. The highest BCUT2D eigenvalue weighted by Gasteiger charge is 2.42. The summed E-state index contributed by atoms with van der Waals surface area (Å²) in [5, 5.41) is 15.8. The van der Waals surface area contributed by atoms with Gasteiger partial charge in [0.1, 0.15) is 4.90 Å². The lowest BCUT2D eigenvalue weighted by molar-refractivity contribution is -0.0324. The second-order valence-electron chi connectivity index (χ2n) is 4.93. The molecule has 1 atom stereocenters. The molecule has 0 radical (unpaired) electrons. The molecule has 1 N–H and O–H groups in total.